The summed E-state index contributed by atoms with van der Waals surface area (Å²) in [5.74, 6) is -0.209. The summed E-state index contributed by atoms with van der Waals surface area (Å²) < 4.78 is 1.54. The lowest BCUT2D eigenvalue weighted by Gasteiger charge is -2.12. The van der Waals surface area contributed by atoms with Crippen LogP contribution in [0, 0.1) is 5.92 Å². The summed E-state index contributed by atoms with van der Waals surface area (Å²) in [7, 11) is 0. The first-order valence-corrected chi connectivity index (χ1v) is 6.09. The van der Waals surface area contributed by atoms with Crippen molar-refractivity contribution in [2.24, 2.45) is 11.7 Å². The smallest absolute Gasteiger partial charge is 0.228 e. The molecule has 0 saturated carbocycles. The van der Waals surface area contributed by atoms with E-state index in [9.17, 15) is 4.79 Å². The van der Waals surface area contributed by atoms with Crippen molar-refractivity contribution >= 4 is 11.6 Å². The highest BCUT2D eigenvalue weighted by Crippen LogP contribution is 2.13. The second-order valence-electron chi connectivity index (χ2n) is 4.13. The second kappa shape index (κ2) is 6.05. The van der Waals surface area contributed by atoms with Crippen molar-refractivity contribution in [3.05, 3.63) is 30.6 Å². The van der Waals surface area contributed by atoms with Crippen LogP contribution in [0.5, 0.6) is 0 Å². The Bertz CT molecular complexity index is 518. The molecule has 7 nitrogen and oxygen atoms in total. The minimum atomic E-state index is -0.154. The second-order valence-corrected chi connectivity index (χ2v) is 4.13. The fraction of sp³-hybridized carbons (Fsp3) is 0.333. The van der Waals surface area contributed by atoms with Crippen molar-refractivity contribution in [2.75, 3.05) is 11.9 Å². The van der Waals surface area contributed by atoms with E-state index < -0.39 is 0 Å². The third-order valence-electron chi connectivity index (χ3n) is 2.90. The first-order valence-electron chi connectivity index (χ1n) is 6.09. The zero-order chi connectivity index (χ0) is 13.7. The van der Waals surface area contributed by atoms with Gasteiger partial charge < -0.3 is 11.1 Å². The molecule has 0 fully saturated rings. The number of tetrazole rings is 1. The molecule has 0 aliphatic carbocycles. The maximum absolute atomic E-state index is 11.9. The average molecular weight is 260 g/mol. The molecule has 0 aliphatic heterocycles. The Labute approximate surface area is 110 Å². The van der Waals surface area contributed by atoms with Gasteiger partial charge in [-0.3, -0.25) is 4.79 Å². The Hall–Kier alpha value is -2.28. The normalized spacial score (nSPS) is 12.1. The number of benzene rings is 1. The Morgan fingerprint density at radius 3 is 2.68 bits per heavy atom. The summed E-state index contributed by atoms with van der Waals surface area (Å²) in [6.45, 7) is 2.29. The van der Waals surface area contributed by atoms with Crippen molar-refractivity contribution in [3.63, 3.8) is 0 Å². The average Bonchev–Trinajstić information content (AvgIpc) is 2.95. The summed E-state index contributed by atoms with van der Waals surface area (Å²) >= 11 is 0. The van der Waals surface area contributed by atoms with Crippen LogP contribution in [0.1, 0.15) is 13.3 Å². The minimum Gasteiger partial charge on any atom is -0.330 e. The molecule has 0 spiro atoms. The Balaban J connectivity index is 2.05. The third-order valence-corrected chi connectivity index (χ3v) is 2.90. The molecule has 1 amide bonds. The standard InChI is InChI=1S/C12H16N6O/c1-2-9(7-13)12(19)15-10-3-5-11(6-4-10)18-8-14-16-17-18/h3-6,8-9H,2,7,13H2,1H3,(H,15,19). The van der Waals surface area contributed by atoms with Gasteiger partial charge in [0.15, 0.2) is 0 Å². The molecule has 1 aromatic heterocycles. The van der Waals surface area contributed by atoms with E-state index in [4.69, 9.17) is 5.73 Å². The molecular weight excluding hydrogens is 244 g/mol. The number of aromatic nitrogens is 4. The summed E-state index contributed by atoms with van der Waals surface area (Å²) in [4.78, 5) is 11.9. The van der Waals surface area contributed by atoms with Crippen LogP contribution in [0.3, 0.4) is 0 Å². The Morgan fingerprint density at radius 2 is 2.16 bits per heavy atom. The van der Waals surface area contributed by atoms with Gasteiger partial charge in [0.25, 0.3) is 0 Å². The van der Waals surface area contributed by atoms with E-state index in [0.29, 0.717) is 6.54 Å². The number of nitrogens with zero attached hydrogens (tertiary/aromatic N) is 4. The van der Waals surface area contributed by atoms with Gasteiger partial charge in [-0.1, -0.05) is 6.92 Å². The van der Waals surface area contributed by atoms with Gasteiger partial charge in [0, 0.05) is 12.2 Å². The van der Waals surface area contributed by atoms with Crippen molar-refractivity contribution in [1.29, 1.82) is 0 Å². The van der Waals surface area contributed by atoms with E-state index in [1.807, 2.05) is 19.1 Å². The van der Waals surface area contributed by atoms with Crippen LogP contribution in [0.2, 0.25) is 0 Å². The molecule has 19 heavy (non-hydrogen) atoms. The third kappa shape index (κ3) is 3.14. The quantitative estimate of drug-likeness (QED) is 0.819. The van der Waals surface area contributed by atoms with E-state index in [2.05, 4.69) is 20.8 Å². The van der Waals surface area contributed by atoms with E-state index in [-0.39, 0.29) is 11.8 Å². The van der Waals surface area contributed by atoms with Crippen LogP contribution in [-0.4, -0.2) is 32.7 Å². The van der Waals surface area contributed by atoms with Gasteiger partial charge in [0.05, 0.1) is 11.6 Å². The fourth-order valence-electron chi connectivity index (χ4n) is 1.68. The van der Waals surface area contributed by atoms with E-state index >= 15 is 0 Å². The van der Waals surface area contributed by atoms with E-state index in [0.717, 1.165) is 17.8 Å². The Morgan fingerprint density at radius 1 is 1.42 bits per heavy atom. The Kier molecular flexibility index (Phi) is 4.19. The molecule has 0 bridgehead atoms. The topological polar surface area (TPSA) is 98.7 Å². The maximum atomic E-state index is 11.9. The molecule has 2 aromatic rings. The van der Waals surface area contributed by atoms with Gasteiger partial charge in [-0.25, -0.2) is 4.68 Å². The number of carbonyl (C=O) groups is 1. The summed E-state index contributed by atoms with van der Waals surface area (Å²) in [6, 6.07) is 7.26. The SMILES string of the molecule is CCC(CN)C(=O)Nc1ccc(-n2cnnn2)cc1. The van der Waals surface area contributed by atoms with Crippen molar-refractivity contribution in [3.8, 4) is 5.69 Å². The molecule has 1 atom stereocenters. The highest BCUT2D eigenvalue weighted by Gasteiger charge is 2.14. The summed E-state index contributed by atoms with van der Waals surface area (Å²) in [6.07, 6.45) is 2.24. The van der Waals surface area contributed by atoms with E-state index in [1.54, 1.807) is 16.8 Å². The predicted octanol–water partition coefficient (Wildman–Crippen LogP) is 0.586. The monoisotopic (exact) mass is 260 g/mol. The molecule has 0 aliphatic rings. The first kappa shape index (κ1) is 13.2. The van der Waals surface area contributed by atoms with Crippen LogP contribution < -0.4 is 11.1 Å². The molecule has 0 radical (unpaired) electrons. The zero-order valence-corrected chi connectivity index (χ0v) is 10.7. The molecule has 100 valence electrons. The fourth-order valence-corrected chi connectivity index (χ4v) is 1.68. The summed E-state index contributed by atoms with van der Waals surface area (Å²) in [5, 5.41) is 13.7. The zero-order valence-electron chi connectivity index (χ0n) is 10.7. The van der Waals surface area contributed by atoms with Gasteiger partial charge in [-0.15, -0.1) is 5.10 Å². The van der Waals surface area contributed by atoms with Gasteiger partial charge in [-0.2, -0.15) is 0 Å². The van der Waals surface area contributed by atoms with Crippen LogP contribution in [-0.2, 0) is 4.79 Å². The number of carbonyl (C=O) groups excluding carboxylic acids is 1. The van der Waals surface area contributed by atoms with Crippen molar-refractivity contribution < 1.29 is 4.79 Å². The minimum absolute atomic E-state index is 0.0554. The number of hydrogen-bond donors (Lipinski definition) is 2. The molecule has 7 heteroatoms. The number of anilines is 1. The lowest BCUT2D eigenvalue weighted by atomic mass is 10.1. The molecular formula is C12H16N6O. The lowest BCUT2D eigenvalue weighted by molar-refractivity contribution is -0.119. The summed E-state index contributed by atoms with van der Waals surface area (Å²) in [5.41, 5.74) is 7.10. The van der Waals surface area contributed by atoms with Gasteiger partial charge in [0.1, 0.15) is 6.33 Å². The molecule has 1 heterocycles. The highest BCUT2D eigenvalue weighted by atomic mass is 16.1. The number of hydrogen-bond acceptors (Lipinski definition) is 5. The van der Waals surface area contributed by atoms with Crippen molar-refractivity contribution in [1.82, 2.24) is 20.2 Å². The number of rotatable bonds is 5. The first-order chi connectivity index (χ1) is 9.24. The molecule has 2 rings (SSSR count). The largest absolute Gasteiger partial charge is 0.330 e. The van der Waals surface area contributed by atoms with Crippen LogP contribution >= 0.6 is 0 Å². The van der Waals surface area contributed by atoms with Gasteiger partial charge >= 0.3 is 0 Å². The highest BCUT2D eigenvalue weighted by molar-refractivity contribution is 5.92. The van der Waals surface area contributed by atoms with Gasteiger partial charge in [-0.05, 0) is 41.1 Å². The van der Waals surface area contributed by atoms with Crippen molar-refractivity contribution in [2.45, 2.75) is 13.3 Å². The lowest BCUT2D eigenvalue weighted by Crippen LogP contribution is -2.28. The molecule has 0 saturated heterocycles. The maximum Gasteiger partial charge on any atom is 0.228 e. The van der Waals surface area contributed by atoms with Crippen LogP contribution in [0.4, 0.5) is 5.69 Å². The molecule has 1 aromatic carbocycles. The van der Waals surface area contributed by atoms with E-state index in [1.165, 1.54) is 6.33 Å². The van der Waals surface area contributed by atoms with Crippen LogP contribution in [0.15, 0.2) is 30.6 Å². The number of amides is 1. The molecule has 3 N–H and O–H groups in total. The molecule has 1 unspecified atom stereocenters. The van der Waals surface area contributed by atoms with Gasteiger partial charge in [0.2, 0.25) is 5.91 Å². The number of nitrogens with two attached hydrogens (primary N) is 1. The van der Waals surface area contributed by atoms with Crippen LogP contribution in [0.25, 0.3) is 5.69 Å². The predicted molar refractivity (Wildman–Crippen MR) is 70.6 cm³/mol. The number of nitrogens with one attached hydrogen (secondary N) is 1.